The summed E-state index contributed by atoms with van der Waals surface area (Å²) in [6.45, 7) is 7.01. The van der Waals surface area contributed by atoms with Gasteiger partial charge in [-0.3, -0.25) is 0 Å². The highest BCUT2D eigenvalue weighted by molar-refractivity contribution is 5.61. The molecule has 0 heterocycles. The van der Waals surface area contributed by atoms with E-state index in [1.54, 1.807) is 7.11 Å². The zero-order valence-electron chi connectivity index (χ0n) is 11.6. The Kier molecular flexibility index (Phi) is 4.40. The van der Waals surface area contributed by atoms with Crippen LogP contribution in [0.3, 0.4) is 0 Å². The van der Waals surface area contributed by atoms with Gasteiger partial charge in [0.2, 0.25) is 0 Å². The molecule has 0 aromatic heterocycles. The molecule has 2 N–H and O–H groups in total. The Hall–Kier alpha value is -1.22. The molecular formula is C14H24N2O. The van der Waals surface area contributed by atoms with Crippen molar-refractivity contribution in [3.8, 4) is 5.75 Å². The molecular weight excluding hydrogens is 212 g/mol. The number of nitrogens with zero attached hydrogens (tertiary/aromatic N) is 1. The average molecular weight is 236 g/mol. The Balaban J connectivity index is 3.18. The maximum Gasteiger partial charge on any atom is 0.142 e. The largest absolute Gasteiger partial charge is 0.495 e. The standard InChI is InChI=1S/C14H24N2O/c1-6-11-7-8-13(17-5)12(9-11)16(4)14(2,3)10-15/h7-9H,6,10,15H2,1-5H3. The van der Waals surface area contributed by atoms with Crippen molar-refractivity contribution in [3.63, 3.8) is 0 Å². The molecule has 1 aromatic rings. The lowest BCUT2D eigenvalue weighted by Crippen LogP contribution is -2.47. The van der Waals surface area contributed by atoms with Gasteiger partial charge in [-0.1, -0.05) is 13.0 Å². The van der Waals surface area contributed by atoms with Gasteiger partial charge in [-0.05, 0) is 38.0 Å². The molecule has 1 rings (SSSR count). The summed E-state index contributed by atoms with van der Waals surface area (Å²) in [4.78, 5) is 2.19. The molecule has 0 radical (unpaired) electrons. The molecule has 0 amide bonds. The van der Waals surface area contributed by atoms with Crippen molar-refractivity contribution in [3.05, 3.63) is 23.8 Å². The van der Waals surface area contributed by atoms with E-state index in [0.29, 0.717) is 6.54 Å². The number of rotatable bonds is 5. The summed E-state index contributed by atoms with van der Waals surface area (Å²) >= 11 is 0. The van der Waals surface area contributed by atoms with E-state index in [1.165, 1.54) is 5.56 Å². The number of benzene rings is 1. The molecule has 0 fully saturated rings. The van der Waals surface area contributed by atoms with Gasteiger partial charge in [0, 0.05) is 19.1 Å². The van der Waals surface area contributed by atoms with Crippen molar-refractivity contribution in [1.29, 1.82) is 0 Å². The van der Waals surface area contributed by atoms with Crippen molar-refractivity contribution in [2.75, 3.05) is 25.6 Å². The van der Waals surface area contributed by atoms with E-state index in [2.05, 4.69) is 44.9 Å². The number of anilines is 1. The normalized spacial score (nSPS) is 11.4. The number of hydrogen-bond donors (Lipinski definition) is 1. The van der Waals surface area contributed by atoms with Gasteiger partial charge in [-0.15, -0.1) is 0 Å². The molecule has 17 heavy (non-hydrogen) atoms. The lowest BCUT2D eigenvalue weighted by atomic mass is 10.0. The monoisotopic (exact) mass is 236 g/mol. The van der Waals surface area contributed by atoms with E-state index in [0.717, 1.165) is 17.9 Å². The van der Waals surface area contributed by atoms with E-state index < -0.39 is 0 Å². The molecule has 1 aromatic carbocycles. The van der Waals surface area contributed by atoms with Crippen molar-refractivity contribution in [1.82, 2.24) is 0 Å². The van der Waals surface area contributed by atoms with E-state index in [4.69, 9.17) is 10.5 Å². The molecule has 0 bridgehead atoms. The fourth-order valence-corrected chi connectivity index (χ4v) is 1.68. The van der Waals surface area contributed by atoms with Gasteiger partial charge in [0.25, 0.3) is 0 Å². The number of methoxy groups -OCH3 is 1. The second-order valence-corrected chi connectivity index (χ2v) is 4.94. The predicted octanol–water partition coefficient (Wildman–Crippen LogP) is 2.43. The van der Waals surface area contributed by atoms with E-state index in [1.807, 2.05) is 6.07 Å². The first-order valence-corrected chi connectivity index (χ1v) is 6.07. The predicted molar refractivity (Wildman–Crippen MR) is 73.9 cm³/mol. The van der Waals surface area contributed by atoms with Crippen LogP contribution in [0.15, 0.2) is 18.2 Å². The molecule has 0 spiro atoms. The quantitative estimate of drug-likeness (QED) is 0.853. The molecule has 0 atom stereocenters. The number of hydrogen-bond acceptors (Lipinski definition) is 3. The lowest BCUT2D eigenvalue weighted by molar-refractivity contribution is 0.408. The molecule has 0 unspecified atom stereocenters. The van der Waals surface area contributed by atoms with E-state index in [-0.39, 0.29) is 5.54 Å². The van der Waals surface area contributed by atoms with Crippen LogP contribution in [0.2, 0.25) is 0 Å². The lowest BCUT2D eigenvalue weighted by Gasteiger charge is -2.37. The highest BCUT2D eigenvalue weighted by Crippen LogP contribution is 2.32. The average Bonchev–Trinajstić information content (AvgIpc) is 2.36. The minimum Gasteiger partial charge on any atom is -0.495 e. The summed E-state index contributed by atoms with van der Waals surface area (Å²) in [6.07, 6.45) is 1.02. The van der Waals surface area contributed by atoms with E-state index in [9.17, 15) is 0 Å². The number of nitrogens with two attached hydrogens (primary N) is 1. The zero-order valence-corrected chi connectivity index (χ0v) is 11.6. The van der Waals surface area contributed by atoms with Crippen molar-refractivity contribution >= 4 is 5.69 Å². The van der Waals surface area contributed by atoms with Gasteiger partial charge >= 0.3 is 0 Å². The van der Waals surface area contributed by atoms with Gasteiger partial charge in [0.05, 0.1) is 12.8 Å². The second kappa shape index (κ2) is 5.41. The fraction of sp³-hybridized carbons (Fsp3) is 0.571. The Bertz CT molecular complexity index is 374. The minimum atomic E-state index is -0.0837. The molecule has 0 saturated carbocycles. The van der Waals surface area contributed by atoms with Crippen molar-refractivity contribution in [2.45, 2.75) is 32.7 Å². The van der Waals surface area contributed by atoms with Crippen LogP contribution in [0.1, 0.15) is 26.3 Å². The van der Waals surface area contributed by atoms with Crippen LogP contribution in [0.4, 0.5) is 5.69 Å². The van der Waals surface area contributed by atoms with E-state index >= 15 is 0 Å². The first-order valence-electron chi connectivity index (χ1n) is 6.07. The van der Waals surface area contributed by atoms with Crippen LogP contribution < -0.4 is 15.4 Å². The van der Waals surface area contributed by atoms with Gasteiger partial charge in [-0.25, -0.2) is 0 Å². The Morgan fingerprint density at radius 2 is 2.00 bits per heavy atom. The van der Waals surface area contributed by atoms with Crippen LogP contribution in [0.5, 0.6) is 5.75 Å². The fourth-order valence-electron chi connectivity index (χ4n) is 1.68. The maximum atomic E-state index is 5.82. The smallest absolute Gasteiger partial charge is 0.142 e. The topological polar surface area (TPSA) is 38.5 Å². The summed E-state index contributed by atoms with van der Waals surface area (Å²) < 4.78 is 5.42. The molecule has 96 valence electrons. The summed E-state index contributed by atoms with van der Waals surface area (Å²) in [6, 6.07) is 6.30. The number of ether oxygens (including phenoxy) is 1. The summed E-state index contributed by atoms with van der Waals surface area (Å²) in [5.74, 6) is 0.895. The molecule has 3 heteroatoms. The van der Waals surface area contributed by atoms with Gasteiger partial charge in [0.15, 0.2) is 0 Å². The third-order valence-corrected chi connectivity index (χ3v) is 3.42. The third-order valence-electron chi connectivity index (χ3n) is 3.42. The van der Waals surface area contributed by atoms with Gasteiger partial charge in [0.1, 0.15) is 5.75 Å². The van der Waals surface area contributed by atoms with Crippen LogP contribution in [0, 0.1) is 0 Å². The Labute approximate surface area is 105 Å². The number of likely N-dealkylation sites (N-methyl/N-ethyl adjacent to an activating group) is 1. The molecule has 0 saturated heterocycles. The molecule has 0 aliphatic heterocycles. The SMILES string of the molecule is CCc1ccc(OC)c(N(C)C(C)(C)CN)c1. The van der Waals surface area contributed by atoms with Crippen LogP contribution in [-0.2, 0) is 6.42 Å². The molecule has 0 aliphatic carbocycles. The zero-order chi connectivity index (χ0) is 13.1. The highest BCUT2D eigenvalue weighted by atomic mass is 16.5. The van der Waals surface area contributed by atoms with Gasteiger partial charge < -0.3 is 15.4 Å². The first-order chi connectivity index (χ1) is 7.96. The van der Waals surface area contributed by atoms with Gasteiger partial charge in [-0.2, -0.15) is 0 Å². The van der Waals surface area contributed by atoms with Crippen molar-refractivity contribution in [2.24, 2.45) is 5.73 Å². The third kappa shape index (κ3) is 2.91. The van der Waals surface area contributed by atoms with Crippen LogP contribution in [-0.4, -0.2) is 26.2 Å². The maximum absolute atomic E-state index is 5.82. The second-order valence-electron chi connectivity index (χ2n) is 4.94. The number of aryl methyl sites for hydroxylation is 1. The van der Waals surface area contributed by atoms with Crippen LogP contribution in [0.25, 0.3) is 0 Å². The Morgan fingerprint density at radius 1 is 1.35 bits per heavy atom. The summed E-state index contributed by atoms with van der Waals surface area (Å²) in [5.41, 5.74) is 8.15. The minimum absolute atomic E-state index is 0.0837. The Morgan fingerprint density at radius 3 is 2.47 bits per heavy atom. The van der Waals surface area contributed by atoms with Crippen molar-refractivity contribution < 1.29 is 4.74 Å². The highest BCUT2D eigenvalue weighted by Gasteiger charge is 2.24. The molecule has 3 nitrogen and oxygen atoms in total. The molecule has 0 aliphatic rings. The summed E-state index contributed by atoms with van der Waals surface area (Å²) in [7, 11) is 3.76. The summed E-state index contributed by atoms with van der Waals surface area (Å²) in [5, 5.41) is 0. The van der Waals surface area contributed by atoms with Crippen LogP contribution >= 0.6 is 0 Å². The first kappa shape index (κ1) is 13.8.